The van der Waals surface area contributed by atoms with Crippen molar-refractivity contribution < 1.29 is 17.6 Å². The van der Waals surface area contributed by atoms with Gasteiger partial charge in [-0.2, -0.15) is 0 Å². The molecule has 1 saturated carbocycles. The first-order chi connectivity index (χ1) is 9.38. The minimum Gasteiger partial charge on any atom is -0.355 e. The number of carbonyl (C=O) groups excluding carboxylic acids is 1. The summed E-state index contributed by atoms with van der Waals surface area (Å²) in [6.07, 6.45) is 2.19. The fourth-order valence-corrected chi connectivity index (χ4v) is 3.17. The van der Waals surface area contributed by atoms with Gasteiger partial charge in [-0.1, -0.05) is 12.1 Å². The second-order valence-corrected chi connectivity index (χ2v) is 7.57. The molecule has 0 spiro atoms. The summed E-state index contributed by atoms with van der Waals surface area (Å²) in [7, 11) is -3.59. The molecule has 1 aliphatic rings. The number of benzene rings is 1. The quantitative estimate of drug-likeness (QED) is 0.871. The zero-order chi connectivity index (χ0) is 14.8. The summed E-state index contributed by atoms with van der Waals surface area (Å²) in [5.74, 6) is -0.902. The van der Waals surface area contributed by atoms with E-state index in [-0.39, 0.29) is 0 Å². The van der Waals surface area contributed by atoms with E-state index in [0.29, 0.717) is 18.0 Å². The molecular weight excluding hydrogens is 281 g/mol. The van der Waals surface area contributed by atoms with Crippen molar-refractivity contribution in [3.63, 3.8) is 0 Å². The van der Waals surface area contributed by atoms with Crippen LogP contribution in [0.1, 0.15) is 30.6 Å². The Morgan fingerprint density at radius 2 is 1.95 bits per heavy atom. The second-order valence-electron chi connectivity index (χ2n) is 5.25. The van der Waals surface area contributed by atoms with E-state index in [0.717, 1.165) is 12.8 Å². The van der Waals surface area contributed by atoms with Crippen LogP contribution < -0.4 is 5.32 Å². The second kappa shape index (κ2) is 5.91. The Morgan fingerprint density at radius 1 is 1.35 bits per heavy atom. The highest BCUT2D eigenvalue weighted by Crippen LogP contribution is 2.27. The Morgan fingerprint density at radius 3 is 2.50 bits per heavy atom. The molecular formula is C14H18FNO3S. The fourth-order valence-electron chi connectivity index (χ4n) is 1.88. The number of nitrogens with one attached hydrogen (secondary N) is 1. The number of hydrogen-bond donors (Lipinski definition) is 1. The lowest BCUT2D eigenvalue weighted by atomic mass is 10.2. The maximum absolute atomic E-state index is 12.8. The van der Waals surface area contributed by atoms with Crippen LogP contribution in [-0.4, -0.2) is 26.6 Å². The van der Waals surface area contributed by atoms with E-state index in [1.165, 1.54) is 31.2 Å². The zero-order valence-electron chi connectivity index (χ0n) is 11.3. The molecule has 1 N–H and O–H groups in total. The van der Waals surface area contributed by atoms with E-state index in [2.05, 4.69) is 5.32 Å². The van der Waals surface area contributed by atoms with Crippen LogP contribution >= 0.6 is 0 Å². The highest BCUT2D eigenvalue weighted by atomic mass is 32.2. The summed E-state index contributed by atoms with van der Waals surface area (Å²) in [6.45, 7) is 2.07. The molecule has 1 amide bonds. The Bertz CT molecular complexity index is 579. The average Bonchev–Trinajstić information content (AvgIpc) is 3.20. The van der Waals surface area contributed by atoms with Crippen LogP contribution in [0.5, 0.6) is 0 Å². The standard InChI is InChI=1S/C14H18FNO3S/c1-10(12-4-6-13(15)7-5-12)20(18,19)9-14(17)16-8-11-2-3-11/h4-7,10-11H,2-3,8-9H2,1H3,(H,16,17). The number of rotatable bonds is 6. The summed E-state index contributed by atoms with van der Waals surface area (Å²) in [4.78, 5) is 11.6. The van der Waals surface area contributed by atoms with Crippen LogP contribution in [0.3, 0.4) is 0 Å². The Labute approximate surface area is 118 Å². The monoisotopic (exact) mass is 299 g/mol. The molecule has 1 fully saturated rings. The van der Waals surface area contributed by atoms with Gasteiger partial charge in [0.25, 0.3) is 0 Å². The van der Waals surface area contributed by atoms with Gasteiger partial charge in [0, 0.05) is 6.54 Å². The number of sulfone groups is 1. The van der Waals surface area contributed by atoms with Crippen molar-refractivity contribution in [1.29, 1.82) is 0 Å². The predicted molar refractivity (Wildman–Crippen MR) is 74.3 cm³/mol. The van der Waals surface area contributed by atoms with Crippen LogP contribution in [-0.2, 0) is 14.6 Å². The molecule has 0 aromatic heterocycles. The predicted octanol–water partition coefficient (Wildman–Crippen LogP) is 1.83. The van der Waals surface area contributed by atoms with Crippen LogP contribution in [0, 0.1) is 11.7 Å². The van der Waals surface area contributed by atoms with Gasteiger partial charge in [0.05, 0.1) is 5.25 Å². The molecule has 1 aliphatic carbocycles. The highest BCUT2D eigenvalue weighted by Gasteiger charge is 2.27. The third-order valence-corrected chi connectivity index (χ3v) is 5.51. The van der Waals surface area contributed by atoms with E-state index in [9.17, 15) is 17.6 Å². The van der Waals surface area contributed by atoms with Gasteiger partial charge in [0.15, 0.2) is 9.84 Å². The molecule has 4 nitrogen and oxygen atoms in total. The Kier molecular flexibility index (Phi) is 4.42. The van der Waals surface area contributed by atoms with Crippen molar-refractivity contribution in [2.45, 2.75) is 25.0 Å². The fraction of sp³-hybridized carbons (Fsp3) is 0.500. The van der Waals surface area contributed by atoms with Crippen LogP contribution in [0.25, 0.3) is 0 Å². The van der Waals surface area contributed by atoms with Crippen molar-refractivity contribution in [2.75, 3.05) is 12.3 Å². The van der Waals surface area contributed by atoms with Gasteiger partial charge < -0.3 is 5.32 Å². The molecule has 0 radical (unpaired) electrons. The maximum Gasteiger partial charge on any atom is 0.235 e. The molecule has 0 aliphatic heterocycles. The number of amides is 1. The lowest BCUT2D eigenvalue weighted by molar-refractivity contribution is -0.118. The Hall–Kier alpha value is -1.43. The van der Waals surface area contributed by atoms with Crippen molar-refractivity contribution >= 4 is 15.7 Å². The molecule has 110 valence electrons. The average molecular weight is 299 g/mol. The number of halogens is 1. The van der Waals surface area contributed by atoms with Gasteiger partial charge in [0.2, 0.25) is 5.91 Å². The summed E-state index contributed by atoms with van der Waals surface area (Å²) in [6, 6.07) is 5.29. The minimum atomic E-state index is -3.59. The highest BCUT2D eigenvalue weighted by molar-refractivity contribution is 7.92. The summed E-state index contributed by atoms with van der Waals surface area (Å²) in [5, 5.41) is 1.81. The summed E-state index contributed by atoms with van der Waals surface area (Å²) < 4.78 is 37.1. The van der Waals surface area contributed by atoms with Crippen molar-refractivity contribution in [3.8, 4) is 0 Å². The van der Waals surface area contributed by atoms with Gasteiger partial charge in [-0.3, -0.25) is 4.79 Å². The van der Waals surface area contributed by atoms with Crippen molar-refractivity contribution in [3.05, 3.63) is 35.6 Å². The van der Waals surface area contributed by atoms with Gasteiger partial charge in [-0.25, -0.2) is 12.8 Å². The molecule has 20 heavy (non-hydrogen) atoms. The third kappa shape index (κ3) is 4.03. The molecule has 0 saturated heterocycles. The molecule has 1 atom stereocenters. The summed E-state index contributed by atoms with van der Waals surface area (Å²) in [5.41, 5.74) is 0.487. The molecule has 1 unspecified atom stereocenters. The number of carbonyl (C=O) groups is 1. The lowest BCUT2D eigenvalue weighted by Gasteiger charge is -2.13. The van der Waals surface area contributed by atoms with Crippen LogP contribution in [0.15, 0.2) is 24.3 Å². The largest absolute Gasteiger partial charge is 0.355 e. The van der Waals surface area contributed by atoms with E-state index >= 15 is 0 Å². The smallest absolute Gasteiger partial charge is 0.235 e. The first-order valence-corrected chi connectivity index (χ1v) is 8.34. The molecule has 1 aromatic rings. The molecule has 0 bridgehead atoms. The van der Waals surface area contributed by atoms with Crippen LogP contribution in [0.4, 0.5) is 4.39 Å². The van der Waals surface area contributed by atoms with Gasteiger partial charge >= 0.3 is 0 Å². The van der Waals surface area contributed by atoms with E-state index in [1.807, 2.05) is 0 Å². The van der Waals surface area contributed by atoms with Gasteiger partial charge in [-0.05, 0) is 43.4 Å². The van der Waals surface area contributed by atoms with E-state index in [4.69, 9.17) is 0 Å². The minimum absolute atomic E-state index is 0.416. The van der Waals surface area contributed by atoms with Crippen LogP contribution in [0.2, 0.25) is 0 Å². The molecule has 1 aromatic carbocycles. The first kappa shape index (κ1) is 15.0. The zero-order valence-corrected chi connectivity index (χ0v) is 12.1. The maximum atomic E-state index is 12.8. The van der Waals surface area contributed by atoms with Crippen molar-refractivity contribution in [2.24, 2.45) is 5.92 Å². The van der Waals surface area contributed by atoms with Gasteiger partial charge in [-0.15, -0.1) is 0 Å². The summed E-state index contributed by atoms with van der Waals surface area (Å²) >= 11 is 0. The molecule has 6 heteroatoms. The normalized spacial score (nSPS) is 16.7. The third-order valence-electron chi connectivity index (χ3n) is 3.50. The van der Waals surface area contributed by atoms with Gasteiger partial charge in [0.1, 0.15) is 11.6 Å². The lowest BCUT2D eigenvalue weighted by Crippen LogP contribution is -2.33. The Balaban J connectivity index is 1.97. The number of hydrogen-bond acceptors (Lipinski definition) is 3. The topological polar surface area (TPSA) is 63.2 Å². The van der Waals surface area contributed by atoms with E-state index < -0.39 is 32.6 Å². The SMILES string of the molecule is CC(c1ccc(F)cc1)S(=O)(=O)CC(=O)NCC1CC1. The first-order valence-electron chi connectivity index (χ1n) is 6.62. The molecule has 2 rings (SSSR count). The molecule has 0 heterocycles. The van der Waals surface area contributed by atoms with E-state index in [1.54, 1.807) is 0 Å². The van der Waals surface area contributed by atoms with Crippen molar-refractivity contribution in [1.82, 2.24) is 5.32 Å².